The van der Waals surface area contributed by atoms with Crippen LogP contribution in [0.3, 0.4) is 0 Å². The third kappa shape index (κ3) is 6.48. The highest BCUT2D eigenvalue weighted by Gasteiger charge is 2.29. The largest absolute Gasteiger partial charge is 0.494 e. The summed E-state index contributed by atoms with van der Waals surface area (Å²) in [6, 6.07) is 10.2. The third-order valence-corrected chi connectivity index (χ3v) is 3.61. The number of para-hydroxylation sites is 1. The summed E-state index contributed by atoms with van der Waals surface area (Å²) in [6.07, 6.45) is 1.70. The van der Waals surface area contributed by atoms with Crippen molar-refractivity contribution in [2.45, 2.75) is 45.3 Å². The zero-order valence-corrected chi connectivity index (χ0v) is 14.4. The first-order valence-electron chi connectivity index (χ1n) is 8.33. The van der Waals surface area contributed by atoms with E-state index in [9.17, 15) is 4.79 Å². The molecule has 1 fully saturated rings. The lowest BCUT2D eigenvalue weighted by Gasteiger charge is -2.24. The highest BCUT2D eigenvalue weighted by atomic mass is 16.6. The number of hydrogen-bond acceptors (Lipinski definition) is 4. The number of nitrogens with zero attached hydrogens (tertiary/aromatic N) is 1. The first-order valence-corrected chi connectivity index (χ1v) is 8.33. The summed E-state index contributed by atoms with van der Waals surface area (Å²) in [5.74, 6) is 0.907. The summed E-state index contributed by atoms with van der Waals surface area (Å²) in [5, 5.41) is 3.49. The number of hydrogen-bond donors (Lipinski definition) is 1. The van der Waals surface area contributed by atoms with E-state index in [1.807, 2.05) is 51.1 Å². The van der Waals surface area contributed by atoms with Gasteiger partial charge in [0, 0.05) is 19.1 Å². The van der Waals surface area contributed by atoms with Crippen molar-refractivity contribution in [1.29, 1.82) is 0 Å². The molecule has 5 nitrogen and oxygen atoms in total. The van der Waals surface area contributed by atoms with Gasteiger partial charge in [0.1, 0.15) is 11.4 Å². The average Bonchev–Trinajstić information content (AvgIpc) is 2.95. The van der Waals surface area contributed by atoms with Gasteiger partial charge < -0.3 is 19.7 Å². The van der Waals surface area contributed by atoms with E-state index in [0.717, 1.165) is 31.7 Å². The van der Waals surface area contributed by atoms with Crippen molar-refractivity contribution < 1.29 is 14.3 Å². The summed E-state index contributed by atoms with van der Waals surface area (Å²) in [6.45, 7) is 8.73. The van der Waals surface area contributed by atoms with Gasteiger partial charge in [-0.2, -0.15) is 0 Å². The molecule has 0 spiro atoms. The summed E-state index contributed by atoms with van der Waals surface area (Å²) < 4.78 is 11.1. The highest BCUT2D eigenvalue weighted by Crippen LogP contribution is 2.15. The van der Waals surface area contributed by atoms with Crippen LogP contribution in [0.25, 0.3) is 0 Å². The number of likely N-dealkylation sites (tertiary alicyclic amines) is 1. The molecule has 1 aliphatic heterocycles. The fourth-order valence-electron chi connectivity index (χ4n) is 2.50. The number of amides is 1. The van der Waals surface area contributed by atoms with Gasteiger partial charge in [-0.15, -0.1) is 0 Å². The third-order valence-electron chi connectivity index (χ3n) is 3.61. The van der Waals surface area contributed by atoms with Crippen molar-refractivity contribution in [3.63, 3.8) is 0 Å². The SMILES string of the molecule is CC(C)(C)OC(=O)N1CCC(NCCCOc2ccccc2)C1. The molecule has 0 aromatic heterocycles. The van der Waals surface area contributed by atoms with E-state index in [2.05, 4.69) is 5.32 Å². The fraction of sp³-hybridized carbons (Fsp3) is 0.611. The van der Waals surface area contributed by atoms with Gasteiger partial charge in [0.25, 0.3) is 0 Å². The lowest BCUT2D eigenvalue weighted by Crippen LogP contribution is -2.38. The average molecular weight is 320 g/mol. The Balaban J connectivity index is 1.58. The Bertz CT molecular complexity index is 485. The number of benzene rings is 1. The second-order valence-electron chi connectivity index (χ2n) is 6.88. The van der Waals surface area contributed by atoms with Crippen LogP contribution in [0.2, 0.25) is 0 Å². The molecule has 1 aromatic carbocycles. The smallest absolute Gasteiger partial charge is 0.410 e. The van der Waals surface area contributed by atoms with Gasteiger partial charge in [0.05, 0.1) is 6.61 Å². The number of carbonyl (C=O) groups is 1. The molecule has 1 amide bonds. The number of nitrogens with one attached hydrogen (secondary N) is 1. The van der Waals surface area contributed by atoms with Gasteiger partial charge >= 0.3 is 6.09 Å². The molecule has 1 aliphatic rings. The van der Waals surface area contributed by atoms with Crippen LogP contribution in [0.4, 0.5) is 4.79 Å². The fourth-order valence-corrected chi connectivity index (χ4v) is 2.50. The lowest BCUT2D eigenvalue weighted by molar-refractivity contribution is 0.0291. The quantitative estimate of drug-likeness (QED) is 0.819. The molecular formula is C18H28N2O3. The highest BCUT2D eigenvalue weighted by molar-refractivity contribution is 5.68. The molecule has 5 heteroatoms. The molecule has 23 heavy (non-hydrogen) atoms. The van der Waals surface area contributed by atoms with E-state index in [4.69, 9.17) is 9.47 Å². The second kappa shape index (κ2) is 8.20. The van der Waals surface area contributed by atoms with Gasteiger partial charge in [-0.25, -0.2) is 4.79 Å². The molecule has 0 radical (unpaired) electrons. The van der Waals surface area contributed by atoms with E-state index in [0.29, 0.717) is 19.2 Å². The number of carbonyl (C=O) groups excluding carboxylic acids is 1. The molecule has 1 unspecified atom stereocenters. The summed E-state index contributed by atoms with van der Waals surface area (Å²) >= 11 is 0. The molecule has 0 saturated carbocycles. The molecule has 0 bridgehead atoms. The Labute approximate surface area is 139 Å². The zero-order valence-electron chi connectivity index (χ0n) is 14.4. The maximum Gasteiger partial charge on any atom is 0.410 e. The van der Waals surface area contributed by atoms with E-state index < -0.39 is 5.60 Å². The van der Waals surface area contributed by atoms with Crippen LogP contribution in [0, 0.1) is 0 Å². The van der Waals surface area contributed by atoms with Crippen LogP contribution in [0.1, 0.15) is 33.6 Å². The maximum absolute atomic E-state index is 12.0. The van der Waals surface area contributed by atoms with E-state index in [1.54, 1.807) is 4.90 Å². The molecule has 0 aliphatic carbocycles. The van der Waals surface area contributed by atoms with Gasteiger partial charge in [-0.3, -0.25) is 0 Å². The van der Waals surface area contributed by atoms with E-state index in [1.165, 1.54) is 0 Å². The summed E-state index contributed by atoms with van der Waals surface area (Å²) in [5.41, 5.74) is -0.433. The molecule has 1 saturated heterocycles. The standard InChI is InChI=1S/C18H28N2O3/c1-18(2,3)23-17(21)20-12-10-15(14-20)19-11-7-13-22-16-8-5-4-6-9-16/h4-6,8-9,15,19H,7,10-14H2,1-3H3. The summed E-state index contributed by atoms with van der Waals surface area (Å²) in [7, 11) is 0. The van der Waals surface area contributed by atoms with Crippen molar-refractivity contribution in [2.75, 3.05) is 26.2 Å². The van der Waals surface area contributed by atoms with Crippen molar-refractivity contribution in [3.05, 3.63) is 30.3 Å². The number of ether oxygens (including phenoxy) is 2. The molecule has 1 N–H and O–H groups in total. The Morgan fingerprint density at radius 1 is 1.30 bits per heavy atom. The predicted octanol–water partition coefficient (Wildman–Crippen LogP) is 3.05. The van der Waals surface area contributed by atoms with Gasteiger partial charge in [-0.1, -0.05) is 18.2 Å². The first-order chi connectivity index (χ1) is 10.9. The van der Waals surface area contributed by atoms with Crippen LogP contribution >= 0.6 is 0 Å². The molecule has 2 rings (SSSR count). The first kappa shape index (κ1) is 17.6. The monoisotopic (exact) mass is 320 g/mol. The Hall–Kier alpha value is -1.75. The summed E-state index contributed by atoms with van der Waals surface area (Å²) in [4.78, 5) is 13.8. The van der Waals surface area contributed by atoms with Gasteiger partial charge in [0.2, 0.25) is 0 Å². The Morgan fingerprint density at radius 3 is 2.74 bits per heavy atom. The van der Waals surface area contributed by atoms with E-state index >= 15 is 0 Å². The van der Waals surface area contributed by atoms with Crippen LogP contribution < -0.4 is 10.1 Å². The predicted molar refractivity (Wildman–Crippen MR) is 90.8 cm³/mol. The van der Waals surface area contributed by atoms with Gasteiger partial charge in [0.15, 0.2) is 0 Å². The number of rotatable bonds is 6. The Kier molecular flexibility index (Phi) is 6.28. The molecule has 1 atom stereocenters. The second-order valence-corrected chi connectivity index (χ2v) is 6.88. The molecule has 1 heterocycles. The Morgan fingerprint density at radius 2 is 2.04 bits per heavy atom. The minimum absolute atomic E-state index is 0.214. The normalized spacial score (nSPS) is 18.0. The van der Waals surface area contributed by atoms with Crippen molar-refractivity contribution >= 4 is 6.09 Å². The van der Waals surface area contributed by atoms with Crippen LogP contribution in [-0.4, -0.2) is 48.9 Å². The van der Waals surface area contributed by atoms with Crippen LogP contribution in [-0.2, 0) is 4.74 Å². The van der Waals surface area contributed by atoms with Gasteiger partial charge in [-0.05, 0) is 52.3 Å². The minimum Gasteiger partial charge on any atom is -0.494 e. The van der Waals surface area contributed by atoms with Crippen LogP contribution in [0.5, 0.6) is 5.75 Å². The van der Waals surface area contributed by atoms with Crippen LogP contribution in [0.15, 0.2) is 30.3 Å². The zero-order chi connectivity index (χ0) is 16.7. The molecule has 128 valence electrons. The van der Waals surface area contributed by atoms with Crippen molar-refractivity contribution in [1.82, 2.24) is 10.2 Å². The molecule has 1 aromatic rings. The van der Waals surface area contributed by atoms with Crippen molar-refractivity contribution in [2.24, 2.45) is 0 Å². The molecular weight excluding hydrogens is 292 g/mol. The topological polar surface area (TPSA) is 50.8 Å². The van der Waals surface area contributed by atoms with Crippen molar-refractivity contribution in [3.8, 4) is 5.75 Å². The lowest BCUT2D eigenvalue weighted by atomic mass is 10.2. The maximum atomic E-state index is 12.0. The minimum atomic E-state index is -0.433. The van der Waals surface area contributed by atoms with E-state index in [-0.39, 0.29) is 6.09 Å².